The van der Waals surface area contributed by atoms with Crippen LogP contribution >= 0.6 is 11.3 Å². The van der Waals surface area contributed by atoms with Gasteiger partial charge in [-0.15, -0.1) is 11.3 Å². The van der Waals surface area contributed by atoms with E-state index in [1.807, 2.05) is 47.8 Å². The number of hydrogen-bond acceptors (Lipinski definition) is 5. The van der Waals surface area contributed by atoms with E-state index in [-0.39, 0.29) is 0 Å². The van der Waals surface area contributed by atoms with E-state index in [0.717, 1.165) is 22.1 Å². The predicted molar refractivity (Wildman–Crippen MR) is 101 cm³/mol. The molecule has 0 radical (unpaired) electrons. The average Bonchev–Trinajstić information content (AvgIpc) is 3.03. The van der Waals surface area contributed by atoms with Crippen LogP contribution in [0.25, 0.3) is 11.3 Å². The van der Waals surface area contributed by atoms with Crippen molar-refractivity contribution < 1.29 is 8.42 Å². The molecule has 7 heteroatoms. The first kappa shape index (κ1) is 16.5. The van der Waals surface area contributed by atoms with E-state index < -0.39 is 10.0 Å². The molecule has 124 valence electrons. The lowest BCUT2D eigenvalue weighted by Crippen LogP contribution is -2.24. The highest BCUT2D eigenvalue weighted by molar-refractivity contribution is 7.92. The van der Waals surface area contributed by atoms with Crippen LogP contribution in [0.3, 0.4) is 0 Å². The Hall–Kier alpha value is -2.38. The largest absolute Gasteiger partial charge is 0.332 e. The smallest absolute Gasteiger partial charge is 0.231 e. The topological polar surface area (TPSA) is 62.3 Å². The average molecular weight is 359 g/mol. The molecule has 0 aliphatic rings. The van der Waals surface area contributed by atoms with Gasteiger partial charge in [0, 0.05) is 23.7 Å². The molecule has 3 aromatic rings. The molecule has 3 rings (SSSR count). The van der Waals surface area contributed by atoms with E-state index in [1.165, 1.54) is 28.9 Å². The van der Waals surface area contributed by atoms with Gasteiger partial charge in [-0.25, -0.2) is 13.4 Å². The Morgan fingerprint density at radius 1 is 1.04 bits per heavy atom. The number of nitrogens with zero attached hydrogens (tertiary/aromatic N) is 2. The van der Waals surface area contributed by atoms with Crippen molar-refractivity contribution in [3.8, 4) is 11.3 Å². The second-order valence-electron chi connectivity index (χ2n) is 5.31. The third-order valence-electron chi connectivity index (χ3n) is 3.55. The molecule has 1 heterocycles. The van der Waals surface area contributed by atoms with Gasteiger partial charge in [0.05, 0.1) is 17.6 Å². The van der Waals surface area contributed by atoms with Gasteiger partial charge in [-0.2, -0.15) is 0 Å². The zero-order chi connectivity index (χ0) is 17.2. The summed E-state index contributed by atoms with van der Waals surface area (Å²) < 4.78 is 24.4. The Morgan fingerprint density at radius 3 is 2.33 bits per heavy atom. The van der Waals surface area contributed by atoms with E-state index in [0.29, 0.717) is 5.69 Å². The van der Waals surface area contributed by atoms with Crippen LogP contribution in [0.15, 0.2) is 60.0 Å². The second kappa shape index (κ2) is 6.62. The maximum absolute atomic E-state index is 11.6. The number of aromatic nitrogens is 1. The summed E-state index contributed by atoms with van der Waals surface area (Å²) in [6, 6.07) is 17.2. The first-order valence-electron chi connectivity index (χ1n) is 7.25. The van der Waals surface area contributed by atoms with Gasteiger partial charge in [-0.05, 0) is 24.3 Å². The van der Waals surface area contributed by atoms with Gasteiger partial charge in [0.1, 0.15) is 0 Å². The highest BCUT2D eigenvalue weighted by atomic mass is 32.2. The van der Waals surface area contributed by atoms with Crippen molar-refractivity contribution in [2.75, 3.05) is 22.9 Å². The maximum Gasteiger partial charge on any atom is 0.231 e. The molecule has 0 saturated carbocycles. The third kappa shape index (κ3) is 3.74. The van der Waals surface area contributed by atoms with E-state index in [1.54, 1.807) is 12.1 Å². The number of rotatable bonds is 5. The van der Waals surface area contributed by atoms with Gasteiger partial charge in [-0.3, -0.25) is 4.31 Å². The highest BCUT2D eigenvalue weighted by Gasteiger charge is 2.12. The first-order valence-corrected chi connectivity index (χ1v) is 9.98. The zero-order valence-corrected chi connectivity index (χ0v) is 14.9. The van der Waals surface area contributed by atoms with Gasteiger partial charge in [-0.1, -0.05) is 30.3 Å². The second-order valence-corrected chi connectivity index (χ2v) is 8.18. The molecule has 0 aliphatic carbocycles. The summed E-state index contributed by atoms with van der Waals surface area (Å²) in [4.78, 5) is 4.57. The molecular weight excluding hydrogens is 342 g/mol. The van der Waals surface area contributed by atoms with Crippen molar-refractivity contribution in [2.24, 2.45) is 0 Å². The summed E-state index contributed by atoms with van der Waals surface area (Å²) in [5.74, 6) is 0. The van der Waals surface area contributed by atoms with Crippen LogP contribution in [-0.2, 0) is 10.0 Å². The number of benzene rings is 2. The van der Waals surface area contributed by atoms with Crippen LogP contribution in [0.5, 0.6) is 0 Å². The Balaban J connectivity index is 1.78. The van der Waals surface area contributed by atoms with Crippen molar-refractivity contribution in [3.05, 3.63) is 60.0 Å². The number of para-hydroxylation sites is 1. The van der Waals surface area contributed by atoms with Crippen LogP contribution in [0.1, 0.15) is 0 Å². The number of sulfonamides is 1. The van der Waals surface area contributed by atoms with Crippen molar-refractivity contribution in [1.82, 2.24) is 4.98 Å². The highest BCUT2D eigenvalue weighted by Crippen LogP contribution is 2.28. The van der Waals surface area contributed by atoms with Gasteiger partial charge in [0.15, 0.2) is 5.13 Å². The summed E-state index contributed by atoms with van der Waals surface area (Å²) in [5.41, 5.74) is 3.41. The molecule has 0 fully saturated rings. The minimum atomic E-state index is -3.25. The molecule has 2 aromatic carbocycles. The molecule has 0 saturated heterocycles. The fourth-order valence-corrected chi connectivity index (χ4v) is 3.39. The normalized spacial score (nSPS) is 11.2. The molecule has 5 nitrogen and oxygen atoms in total. The monoisotopic (exact) mass is 359 g/mol. The third-order valence-corrected chi connectivity index (χ3v) is 5.52. The summed E-state index contributed by atoms with van der Waals surface area (Å²) >= 11 is 1.53. The van der Waals surface area contributed by atoms with Gasteiger partial charge in [0.25, 0.3) is 0 Å². The summed E-state index contributed by atoms with van der Waals surface area (Å²) in [6.45, 7) is 0. The SMILES string of the molecule is CN(c1ccc(-c2csc(Nc3ccccc3)n2)cc1)S(C)(=O)=O. The van der Waals surface area contributed by atoms with E-state index >= 15 is 0 Å². The zero-order valence-electron chi connectivity index (χ0n) is 13.3. The van der Waals surface area contributed by atoms with Crippen molar-refractivity contribution in [1.29, 1.82) is 0 Å². The Kier molecular flexibility index (Phi) is 4.55. The lowest BCUT2D eigenvalue weighted by molar-refractivity contribution is 0.600. The number of hydrogen-bond donors (Lipinski definition) is 1. The van der Waals surface area contributed by atoms with Crippen molar-refractivity contribution in [2.45, 2.75) is 0 Å². The molecular formula is C17H17N3O2S2. The van der Waals surface area contributed by atoms with Gasteiger partial charge in [0.2, 0.25) is 10.0 Å². The molecule has 0 unspecified atom stereocenters. The van der Waals surface area contributed by atoms with E-state index in [2.05, 4.69) is 10.3 Å². The molecule has 0 atom stereocenters. The Labute approximate surface area is 145 Å². The standard InChI is InChI=1S/C17H17N3O2S2/c1-20(24(2,21)22)15-10-8-13(9-11-15)16-12-23-17(19-16)18-14-6-4-3-5-7-14/h3-12H,1-2H3,(H,18,19). The van der Waals surface area contributed by atoms with Crippen LogP contribution in [-0.4, -0.2) is 26.7 Å². The van der Waals surface area contributed by atoms with Crippen LogP contribution in [0.4, 0.5) is 16.5 Å². The number of anilines is 3. The Morgan fingerprint density at radius 2 is 1.71 bits per heavy atom. The van der Waals surface area contributed by atoms with Crippen LogP contribution in [0, 0.1) is 0 Å². The number of nitrogens with one attached hydrogen (secondary N) is 1. The van der Waals surface area contributed by atoms with E-state index in [4.69, 9.17) is 0 Å². The first-order chi connectivity index (χ1) is 11.4. The molecule has 1 N–H and O–H groups in total. The number of thiazole rings is 1. The molecule has 0 bridgehead atoms. The summed E-state index contributed by atoms with van der Waals surface area (Å²) in [7, 11) is -1.72. The fraction of sp³-hybridized carbons (Fsp3) is 0.118. The fourth-order valence-electron chi connectivity index (χ4n) is 2.14. The van der Waals surface area contributed by atoms with Crippen molar-refractivity contribution in [3.63, 3.8) is 0 Å². The van der Waals surface area contributed by atoms with Gasteiger partial charge < -0.3 is 5.32 Å². The summed E-state index contributed by atoms with van der Waals surface area (Å²) in [5, 5.41) is 6.05. The van der Waals surface area contributed by atoms with Crippen LogP contribution < -0.4 is 9.62 Å². The Bertz CT molecular complexity index is 920. The quantitative estimate of drug-likeness (QED) is 0.749. The predicted octanol–water partition coefficient (Wildman–Crippen LogP) is 3.95. The van der Waals surface area contributed by atoms with Crippen molar-refractivity contribution >= 4 is 37.9 Å². The maximum atomic E-state index is 11.6. The summed E-state index contributed by atoms with van der Waals surface area (Å²) in [6.07, 6.45) is 1.18. The molecule has 0 amide bonds. The molecule has 24 heavy (non-hydrogen) atoms. The minimum absolute atomic E-state index is 0.624. The lowest BCUT2D eigenvalue weighted by Gasteiger charge is -2.16. The molecule has 0 spiro atoms. The lowest BCUT2D eigenvalue weighted by atomic mass is 10.1. The minimum Gasteiger partial charge on any atom is -0.332 e. The molecule has 1 aromatic heterocycles. The molecule has 0 aliphatic heterocycles. The van der Waals surface area contributed by atoms with E-state index in [9.17, 15) is 8.42 Å². The van der Waals surface area contributed by atoms with Gasteiger partial charge >= 0.3 is 0 Å². The van der Waals surface area contributed by atoms with Crippen LogP contribution in [0.2, 0.25) is 0 Å².